The van der Waals surface area contributed by atoms with Crippen LogP contribution in [-0.2, 0) is 10.0 Å². The predicted octanol–water partition coefficient (Wildman–Crippen LogP) is 1.64. The van der Waals surface area contributed by atoms with Crippen LogP contribution >= 0.6 is 0 Å². The molecule has 0 radical (unpaired) electrons. The minimum absolute atomic E-state index is 0.00130. The molecule has 1 fully saturated rings. The highest BCUT2D eigenvalue weighted by Gasteiger charge is 2.30. The maximum Gasteiger partial charge on any atom is 0.287 e. The molecule has 1 saturated carbocycles. The van der Waals surface area contributed by atoms with Crippen LogP contribution in [0.3, 0.4) is 0 Å². The number of amides is 1. The molecule has 0 bridgehead atoms. The number of hydrogen-bond acceptors (Lipinski definition) is 4. The Kier molecular flexibility index (Phi) is 3.93. The molecule has 2 rings (SSSR count). The lowest BCUT2D eigenvalue weighted by Crippen LogP contribution is -2.42. The van der Waals surface area contributed by atoms with Crippen molar-refractivity contribution in [2.75, 3.05) is 0 Å². The molecule has 0 atom stereocenters. The van der Waals surface area contributed by atoms with Gasteiger partial charge in [-0.1, -0.05) is 6.92 Å². The highest BCUT2D eigenvalue weighted by atomic mass is 32.2. The number of furan rings is 1. The molecule has 1 amide bonds. The summed E-state index contributed by atoms with van der Waals surface area (Å²) in [6.45, 7) is 5.73. The van der Waals surface area contributed by atoms with E-state index in [1.807, 2.05) is 20.8 Å². The molecule has 1 aliphatic carbocycles. The predicted molar refractivity (Wildman–Crippen MR) is 73.9 cm³/mol. The largest absolute Gasteiger partial charge is 0.438 e. The van der Waals surface area contributed by atoms with E-state index in [2.05, 4.69) is 10.0 Å². The van der Waals surface area contributed by atoms with Crippen molar-refractivity contribution in [3.63, 3.8) is 0 Å². The minimum atomic E-state index is -3.66. The SMILES string of the molecule is CCC(C)(C)NC(=O)c1ccc(S(=O)(=O)NC2CC2)o1. The van der Waals surface area contributed by atoms with Crippen molar-refractivity contribution in [1.82, 2.24) is 10.0 Å². The quantitative estimate of drug-likeness (QED) is 0.836. The van der Waals surface area contributed by atoms with Crippen LogP contribution in [0.2, 0.25) is 0 Å². The van der Waals surface area contributed by atoms with Gasteiger partial charge in [0, 0.05) is 11.6 Å². The van der Waals surface area contributed by atoms with E-state index in [4.69, 9.17) is 4.42 Å². The zero-order chi connectivity index (χ0) is 15.0. The smallest absolute Gasteiger partial charge is 0.287 e. The van der Waals surface area contributed by atoms with Gasteiger partial charge in [0.15, 0.2) is 5.76 Å². The van der Waals surface area contributed by atoms with Crippen LogP contribution in [0.5, 0.6) is 0 Å². The van der Waals surface area contributed by atoms with Gasteiger partial charge >= 0.3 is 0 Å². The first kappa shape index (κ1) is 15.1. The van der Waals surface area contributed by atoms with Crippen LogP contribution in [0.4, 0.5) is 0 Å². The van der Waals surface area contributed by atoms with Gasteiger partial charge in [-0.05, 0) is 45.2 Å². The van der Waals surface area contributed by atoms with Gasteiger partial charge in [-0.25, -0.2) is 13.1 Å². The van der Waals surface area contributed by atoms with Crippen molar-refractivity contribution in [3.05, 3.63) is 17.9 Å². The number of rotatable bonds is 6. The Balaban J connectivity index is 2.10. The second kappa shape index (κ2) is 5.21. The molecule has 7 heteroatoms. The molecule has 2 N–H and O–H groups in total. The number of carbonyl (C=O) groups excluding carboxylic acids is 1. The first-order valence-electron chi connectivity index (χ1n) is 6.68. The fraction of sp³-hybridized carbons (Fsp3) is 0.615. The van der Waals surface area contributed by atoms with Crippen molar-refractivity contribution in [3.8, 4) is 0 Å². The van der Waals surface area contributed by atoms with Crippen molar-refractivity contribution in [2.24, 2.45) is 0 Å². The molecule has 1 aromatic heterocycles. The highest BCUT2D eigenvalue weighted by Crippen LogP contribution is 2.23. The Bertz CT molecular complexity index is 600. The fourth-order valence-corrected chi connectivity index (χ4v) is 2.76. The fourth-order valence-electron chi connectivity index (χ4n) is 1.52. The molecule has 0 unspecified atom stereocenters. The third kappa shape index (κ3) is 3.61. The van der Waals surface area contributed by atoms with Crippen LogP contribution in [0.1, 0.15) is 50.6 Å². The lowest BCUT2D eigenvalue weighted by Gasteiger charge is -2.23. The third-order valence-electron chi connectivity index (χ3n) is 3.30. The topological polar surface area (TPSA) is 88.4 Å². The van der Waals surface area contributed by atoms with Gasteiger partial charge in [0.2, 0.25) is 5.09 Å². The summed E-state index contributed by atoms with van der Waals surface area (Å²) in [4.78, 5) is 12.0. The van der Waals surface area contributed by atoms with Gasteiger partial charge < -0.3 is 9.73 Å². The van der Waals surface area contributed by atoms with E-state index in [-0.39, 0.29) is 22.4 Å². The van der Waals surface area contributed by atoms with Gasteiger partial charge in [-0.2, -0.15) is 0 Å². The summed E-state index contributed by atoms with van der Waals surface area (Å²) in [5.74, 6) is -0.410. The van der Waals surface area contributed by atoms with Crippen LogP contribution in [0.15, 0.2) is 21.6 Å². The summed E-state index contributed by atoms with van der Waals surface area (Å²) in [6, 6.07) is 2.68. The van der Waals surface area contributed by atoms with Crippen molar-refractivity contribution >= 4 is 15.9 Å². The summed E-state index contributed by atoms with van der Waals surface area (Å²) in [5.41, 5.74) is -0.366. The summed E-state index contributed by atoms with van der Waals surface area (Å²) in [7, 11) is -3.66. The van der Waals surface area contributed by atoms with E-state index in [0.717, 1.165) is 19.3 Å². The van der Waals surface area contributed by atoms with Gasteiger partial charge in [0.1, 0.15) is 0 Å². The maximum absolute atomic E-state index is 12.0. The molecule has 0 saturated heterocycles. The monoisotopic (exact) mass is 300 g/mol. The summed E-state index contributed by atoms with van der Waals surface area (Å²) in [6.07, 6.45) is 2.45. The summed E-state index contributed by atoms with van der Waals surface area (Å²) < 4.78 is 31.5. The van der Waals surface area contributed by atoms with E-state index in [0.29, 0.717) is 0 Å². The number of hydrogen-bond donors (Lipinski definition) is 2. The molecule has 0 aliphatic heterocycles. The number of carbonyl (C=O) groups is 1. The van der Waals surface area contributed by atoms with Gasteiger partial charge in [0.05, 0.1) is 0 Å². The molecular weight excluding hydrogens is 280 g/mol. The summed E-state index contributed by atoms with van der Waals surface area (Å²) >= 11 is 0. The normalized spacial score (nSPS) is 16.1. The molecular formula is C13H20N2O4S. The van der Waals surface area contributed by atoms with E-state index < -0.39 is 15.9 Å². The average Bonchev–Trinajstić information content (AvgIpc) is 2.99. The standard InChI is InChI=1S/C13H20N2O4S/c1-4-13(2,3)14-12(16)10-7-8-11(19-10)20(17,18)15-9-5-6-9/h7-9,15H,4-6H2,1-3H3,(H,14,16). The first-order chi connectivity index (χ1) is 9.23. The van der Waals surface area contributed by atoms with Crippen molar-refractivity contribution in [2.45, 2.75) is 56.7 Å². The van der Waals surface area contributed by atoms with Gasteiger partial charge in [-0.15, -0.1) is 0 Å². The molecule has 1 aromatic rings. The molecule has 112 valence electrons. The number of nitrogens with one attached hydrogen (secondary N) is 2. The highest BCUT2D eigenvalue weighted by molar-refractivity contribution is 7.89. The van der Waals surface area contributed by atoms with Crippen LogP contribution in [0.25, 0.3) is 0 Å². The van der Waals surface area contributed by atoms with E-state index >= 15 is 0 Å². The zero-order valence-corrected chi connectivity index (χ0v) is 12.7. The Morgan fingerprint density at radius 3 is 2.60 bits per heavy atom. The van der Waals surface area contributed by atoms with Gasteiger partial charge in [0.25, 0.3) is 15.9 Å². The molecule has 0 aromatic carbocycles. The van der Waals surface area contributed by atoms with E-state index in [1.165, 1.54) is 12.1 Å². The second-order valence-electron chi connectivity index (χ2n) is 5.71. The molecule has 20 heavy (non-hydrogen) atoms. The van der Waals surface area contributed by atoms with Gasteiger partial charge in [-0.3, -0.25) is 4.79 Å². The molecule has 1 aliphatic rings. The number of sulfonamides is 1. The minimum Gasteiger partial charge on any atom is -0.438 e. The van der Waals surface area contributed by atoms with Crippen LogP contribution in [-0.4, -0.2) is 25.9 Å². The Hall–Kier alpha value is -1.34. The Labute approximate surface area is 119 Å². The lowest BCUT2D eigenvalue weighted by molar-refractivity contribution is 0.0877. The summed E-state index contributed by atoms with van der Waals surface area (Å²) in [5, 5.41) is 2.57. The van der Waals surface area contributed by atoms with Crippen molar-refractivity contribution in [1.29, 1.82) is 0 Å². The van der Waals surface area contributed by atoms with Crippen LogP contribution < -0.4 is 10.0 Å². The maximum atomic E-state index is 12.0. The third-order valence-corrected chi connectivity index (χ3v) is 4.70. The average molecular weight is 300 g/mol. The first-order valence-corrected chi connectivity index (χ1v) is 8.16. The molecule has 6 nitrogen and oxygen atoms in total. The van der Waals surface area contributed by atoms with Crippen molar-refractivity contribution < 1.29 is 17.6 Å². The molecule has 1 heterocycles. The zero-order valence-electron chi connectivity index (χ0n) is 11.9. The second-order valence-corrected chi connectivity index (χ2v) is 7.35. The molecule has 0 spiro atoms. The van der Waals surface area contributed by atoms with E-state index in [1.54, 1.807) is 0 Å². The Morgan fingerprint density at radius 2 is 2.05 bits per heavy atom. The van der Waals surface area contributed by atoms with E-state index in [9.17, 15) is 13.2 Å². The van der Waals surface area contributed by atoms with Crippen LogP contribution in [0, 0.1) is 0 Å². The Morgan fingerprint density at radius 1 is 1.40 bits per heavy atom. The lowest BCUT2D eigenvalue weighted by atomic mass is 10.0.